The van der Waals surface area contributed by atoms with Crippen molar-refractivity contribution >= 4 is 23.3 Å². The summed E-state index contributed by atoms with van der Waals surface area (Å²) in [6, 6.07) is 16.6. The predicted octanol–water partition coefficient (Wildman–Crippen LogP) is 3.86. The van der Waals surface area contributed by atoms with Crippen molar-refractivity contribution < 1.29 is 9.59 Å². The molecule has 2 heterocycles. The number of hydrogen-bond acceptors (Lipinski definition) is 3. The van der Waals surface area contributed by atoms with E-state index in [1.807, 2.05) is 59.3 Å². The van der Waals surface area contributed by atoms with Crippen LogP contribution < -0.4 is 0 Å². The molecule has 0 bridgehead atoms. The number of aromatic nitrogens is 2. The van der Waals surface area contributed by atoms with Crippen molar-refractivity contribution in [3.63, 3.8) is 0 Å². The maximum absolute atomic E-state index is 12.9. The number of amides is 1. The smallest absolute Gasteiger partial charge is 0.291 e. The molecule has 1 aliphatic heterocycles. The molecule has 1 saturated heterocycles. The van der Waals surface area contributed by atoms with E-state index in [2.05, 4.69) is 4.98 Å². The summed E-state index contributed by atoms with van der Waals surface area (Å²) in [7, 11) is 0. The van der Waals surface area contributed by atoms with Crippen molar-refractivity contribution in [3.05, 3.63) is 89.5 Å². The van der Waals surface area contributed by atoms with Gasteiger partial charge < -0.3 is 9.47 Å². The number of carbonyl (C=O) groups is 2. The molecule has 1 amide bonds. The Morgan fingerprint density at radius 2 is 1.75 bits per heavy atom. The maximum atomic E-state index is 12.9. The van der Waals surface area contributed by atoms with Crippen LogP contribution in [-0.4, -0.2) is 32.7 Å². The fourth-order valence-electron chi connectivity index (χ4n) is 3.86. The van der Waals surface area contributed by atoms with Crippen LogP contribution in [-0.2, 0) is 16.1 Å². The van der Waals surface area contributed by atoms with Gasteiger partial charge in [-0.25, -0.2) is 4.98 Å². The Balaban J connectivity index is 1.66. The molecule has 28 heavy (non-hydrogen) atoms. The molecule has 2 unspecified atom stereocenters. The largest absolute Gasteiger partial charge is 0.337 e. The number of halogens is 1. The van der Waals surface area contributed by atoms with Crippen LogP contribution in [0.15, 0.2) is 73.3 Å². The molecule has 1 aliphatic rings. The molecule has 0 spiro atoms. The molecule has 2 atom stereocenters. The highest BCUT2D eigenvalue weighted by molar-refractivity contribution is 6.40. The van der Waals surface area contributed by atoms with E-state index in [1.165, 1.54) is 0 Å². The highest BCUT2D eigenvalue weighted by Gasteiger charge is 2.48. The number of hydrogen-bond donors (Lipinski definition) is 0. The molecule has 6 heteroatoms. The van der Waals surface area contributed by atoms with Gasteiger partial charge in [0.1, 0.15) is 0 Å². The highest BCUT2D eigenvalue weighted by Crippen LogP contribution is 2.43. The standard InChI is InChI=1S/C22H20ClN3O2/c23-18-9-4-8-17(14-18)20-19(16-6-2-1-3-7-16)21(27)22(28)26(20)12-5-11-25-13-10-24-15-25/h1-4,6-10,13-15,19-20H,5,11-12H2. The van der Waals surface area contributed by atoms with Crippen LogP contribution in [0.2, 0.25) is 5.02 Å². The van der Waals surface area contributed by atoms with Crippen LogP contribution in [0.3, 0.4) is 0 Å². The van der Waals surface area contributed by atoms with Gasteiger partial charge in [0.05, 0.1) is 18.3 Å². The molecule has 3 aromatic rings. The van der Waals surface area contributed by atoms with Crippen LogP contribution >= 0.6 is 11.6 Å². The number of carbonyl (C=O) groups excluding carboxylic acids is 2. The van der Waals surface area contributed by atoms with Crippen LogP contribution in [0.4, 0.5) is 0 Å². The van der Waals surface area contributed by atoms with E-state index < -0.39 is 11.8 Å². The fourth-order valence-corrected chi connectivity index (χ4v) is 4.06. The topological polar surface area (TPSA) is 55.2 Å². The van der Waals surface area contributed by atoms with Crippen molar-refractivity contribution in [1.82, 2.24) is 14.5 Å². The lowest BCUT2D eigenvalue weighted by atomic mass is 9.87. The Labute approximate surface area is 168 Å². The van der Waals surface area contributed by atoms with E-state index >= 15 is 0 Å². The second-order valence-corrected chi connectivity index (χ2v) is 7.34. The molecule has 0 saturated carbocycles. The lowest BCUT2D eigenvalue weighted by Gasteiger charge is -2.28. The average Bonchev–Trinajstić information content (AvgIpc) is 3.31. The number of imidazole rings is 1. The number of aryl methyl sites for hydroxylation is 1. The Bertz CT molecular complexity index is 972. The molecule has 4 rings (SSSR count). The fraction of sp³-hybridized carbons (Fsp3) is 0.227. The lowest BCUT2D eigenvalue weighted by molar-refractivity contribution is -0.140. The molecule has 1 fully saturated rings. The molecular weight excluding hydrogens is 374 g/mol. The summed E-state index contributed by atoms with van der Waals surface area (Å²) in [4.78, 5) is 31.5. The van der Waals surface area contributed by atoms with E-state index in [0.29, 0.717) is 11.6 Å². The number of likely N-dealkylation sites (tertiary alicyclic amines) is 1. The van der Waals surface area contributed by atoms with E-state index in [-0.39, 0.29) is 11.8 Å². The Morgan fingerprint density at radius 1 is 0.964 bits per heavy atom. The quantitative estimate of drug-likeness (QED) is 0.597. The lowest BCUT2D eigenvalue weighted by Crippen LogP contribution is -2.31. The third-order valence-corrected chi connectivity index (χ3v) is 5.36. The van der Waals surface area contributed by atoms with Crippen molar-refractivity contribution in [1.29, 1.82) is 0 Å². The first-order valence-electron chi connectivity index (χ1n) is 9.26. The summed E-state index contributed by atoms with van der Waals surface area (Å²) in [5.41, 5.74) is 1.73. The van der Waals surface area contributed by atoms with Crippen LogP contribution in [0, 0.1) is 0 Å². The van der Waals surface area contributed by atoms with Crippen molar-refractivity contribution in [2.75, 3.05) is 6.54 Å². The summed E-state index contributed by atoms with van der Waals surface area (Å²) in [6.45, 7) is 1.22. The highest BCUT2D eigenvalue weighted by atomic mass is 35.5. The molecular formula is C22H20ClN3O2. The first-order chi connectivity index (χ1) is 13.6. The average molecular weight is 394 g/mol. The third-order valence-electron chi connectivity index (χ3n) is 5.13. The monoisotopic (exact) mass is 393 g/mol. The maximum Gasteiger partial charge on any atom is 0.291 e. The number of benzene rings is 2. The number of ketones is 1. The van der Waals surface area contributed by atoms with Gasteiger partial charge in [-0.1, -0.05) is 54.1 Å². The van der Waals surface area contributed by atoms with Gasteiger partial charge in [-0.2, -0.15) is 0 Å². The summed E-state index contributed by atoms with van der Waals surface area (Å²) < 4.78 is 1.96. The minimum atomic E-state index is -0.527. The van der Waals surface area contributed by atoms with E-state index in [9.17, 15) is 9.59 Å². The number of nitrogens with zero attached hydrogens (tertiary/aromatic N) is 3. The van der Waals surface area contributed by atoms with Gasteiger partial charge in [-0.15, -0.1) is 0 Å². The van der Waals surface area contributed by atoms with Gasteiger partial charge in [0, 0.05) is 30.5 Å². The Hall–Kier alpha value is -2.92. The van der Waals surface area contributed by atoms with Crippen molar-refractivity contribution in [3.8, 4) is 0 Å². The third kappa shape index (κ3) is 3.58. The van der Waals surface area contributed by atoms with E-state index in [1.54, 1.807) is 23.5 Å². The van der Waals surface area contributed by atoms with E-state index in [0.717, 1.165) is 24.1 Å². The van der Waals surface area contributed by atoms with Gasteiger partial charge in [-0.3, -0.25) is 9.59 Å². The van der Waals surface area contributed by atoms with Gasteiger partial charge in [0.2, 0.25) is 5.78 Å². The summed E-state index contributed by atoms with van der Waals surface area (Å²) >= 11 is 6.21. The minimum Gasteiger partial charge on any atom is -0.337 e. The zero-order valence-electron chi connectivity index (χ0n) is 15.2. The summed E-state index contributed by atoms with van der Waals surface area (Å²) in [5, 5.41) is 0.592. The predicted molar refractivity (Wildman–Crippen MR) is 107 cm³/mol. The van der Waals surface area contributed by atoms with Crippen molar-refractivity contribution in [2.45, 2.75) is 24.9 Å². The number of rotatable bonds is 6. The molecule has 1 aromatic heterocycles. The first kappa shape index (κ1) is 18.4. The van der Waals surface area contributed by atoms with Crippen LogP contribution in [0.1, 0.15) is 29.5 Å². The Kier molecular flexibility index (Phi) is 5.26. The van der Waals surface area contributed by atoms with Gasteiger partial charge in [0.25, 0.3) is 5.91 Å². The first-order valence-corrected chi connectivity index (χ1v) is 9.64. The second-order valence-electron chi connectivity index (χ2n) is 6.91. The zero-order chi connectivity index (χ0) is 19.5. The molecule has 0 aliphatic carbocycles. The summed E-state index contributed by atoms with van der Waals surface area (Å²) in [5.74, 6) is -1.32. The number of Topliss-reactive ketones (excluding diaryl/α,β-unsaturated/α-hetero) is 1. The molecule has 142 valence electrons. The van der Waals surface area contributed by atoms with Gasteiger partial charge in [0.15, 0.2) is 0 Å². The van der Waals surface area contributed by atoms with Gasteiger partial charge in [-0.05, 0) is 29.7 Å². The summed E-state index contributed by atoms with van der Waals surface area (Å²) in [6.07, 6.45) is 6.09. The normalized spacial score (nSPS) is 19.4. The molecule has 2 aromatic carbocycles. The van der Waals surface area contributed by atoms with Crippen LogP contribution in [0.25, 0.3) is 0 Å². The Morgan fingerprint density at radius 3 is 2.46 bits per heavy atom. The van der Waals surface area contributed by atoms with E-state index in [4.69, 9.17) is 11.6 Å². The van der Waals surface area contributed by atoms with Gasteiger partial charge >= 0.3 is 0 Å². The van der Waals surface area contributed by atoms with Crippen LogP contribution in [0.5, 0.6) is 0 Å². The zero-order valence-corrected chi connectivity index (χ0v) is 16.0. The molecule has 0 radical (unpaired) electrons. The minimum absolute atomic E-state index is 0.358. The molecule has 5 nitrogen and oxygen atoms in total. The second kappa shape index (κ2) is 7.98. The van der Waals surface area contributed by atoms with Crippen molar-refractivity contribution in [2.24, 2.45) is 0 Å². The molecule has 0 N–H and O–H groups in total. The SMILES string of the molecule is O=C1C(=O)N(CCCn2ccnc2)C(c2cccc(Cl)c2)C1c1ccccc1.